The molecule has 1 saturated heterocycles. The van der Waals surface area contributed by atoms with E-state index in [9.17, 15) is 10.1 Å². The minimum absolute atomic E-state index is 0.0694. The van der Waals surface area contributed by atoms with Crippen LogP contribution in [0, 0.1) is 10.1 Å². The number of nitrogens with one attached hydrogen (secondary N) is 2. The van der Waals surface area contributed by atoms with Crippen LogP contribution in [-0.2, 0) is 0 Å². The highest BCUT2D eigenvalue weighted by atomic mass is 35.5. The fourth-order valence-corrected chi connectivity index (χ4v) is 2.15. The van der Waals surface area contributed by atoms with Crippen molar-refractivity contribution in [3.8, 4) is 0 Å². The van der Waals surface area contributed by atoms with Gasteiger partial charge in [-0.1, -0.05) is 11.6 Å². The van der Waals surface area contributed by atoms with Crippen molar-refractivity contribution in [3.05, 3.63) is 33.3 Å². The molecule has 0 aromatic heterocycles. The van der Waals surface area contributed by atoms with Crippen molar-refractivity contribution in [2.75, 3.05) is 18.4 Å². The summed E-state index contributed by atoms with van der Waals surface area (Å²) in [4.78, 5) is 10.5. The predicted octanol–water partition coefficient (Wildman–Crippen LogP) is 2.41. The van der Waals surface area contributed by atoms with Gasteiger partial charge < -0.3 is 10.6 Å². The quantitative estimate of drug-likeness (QED) is 0.643. The highest BCUT2D eigenvalue weighted by Gasteiger charge is 2.18. The second kappa shape index (κ2) is 5.33. The zero-order valence-electron chi connectivity index (χ0n) is 9.28. The average molecular weight is 256 g/mol. The van der Waals surface area contributed by atoms with Crippen molar-refractivity contribution in [1.29, 1.82) is 0 Å². The Morgan fingerprint density at radius 1 is 1.53 bits per heavy atom. The van der Waals surface area contributed by atoms with Gasteiger partial charge in [-0.3, -0.25) is 10.1 Å². The number of nitro groups is 1. The highest BCUT2D eigenvalue weighted by Crippen LogP contribution is 2.28. The second-order valence-corrected chi connectivity index (χ2v) is 4.54. The van der Waals surface area contributed by atoms with Crippen molar-refractivity contribution >= 4 is 23.0 Å². The van der Waals surface area contributed by atoms with Crippen molar-refractivity contribution in [3.63, 3.8) is 0 Å². The summed E-state index contributed by atoms with van der Waals surface area (Å²) in [6.45, 7) is 1.83. The highest BCUT2D eigenvalue weighted by molar-refractivity contribution is 6.31. The van der Waals surface area contributed by atoms with Gasteiger partial charge in [0.25, 0.3) is 5.69 Å². The molecule has 5 nitrogen and oxygen atoms in total. The third-order valence-corrected chi connectivity index (χ3v) is 3.05. The lowest BCUT2D eigenvalue weighted by Gasteiger charge is -2.24. The molecule has 0 spiro atoms. The van der Waals surface area contributed by atoms with Crippen molar-refractivity contribution < 1.29 is 4.92 Å². The van der Waals surface area contributed by atoms with Crippen molar-refractivity contribution in [2.24, 2.45) is 0 Å². The molecule has 1 atom stereocenters. The Morgan fingerprint density at radius 2 is 2.35 bits per heavy atom. The number of hydrogen-bond acceptors (Lipinski definition) is 4. The molecule has 1 aromatic rings. The lowest BCUT2D eigenvalue weighted by Crippen LogP contribution is -2.38. The summed E-state index contributed by atoms with van der Waals surface area (Å²) in [7, 11) is 0. The van der Waals surface area contributed by atoms with Crippen molar-refractivity contribution in [1.82, 2.24) is 5.32 Å². The van der Waals surface area contributed by atoms with Gasteiger partial charge in [-0.25, -0.2) is 0 Å². The minimum atomic E-state index is -0.394. The summed E-state index contributed by atoms with van der Waals surface area (Å²) in [5, 5.41) is 17.8. The number of halogens is 1. The maximum absolute atomic E-state index is 10.9. The van der Waals surface area contributed by atoms with E-state index in [-0.39, 0.29) is 11.7 Å². The number of nitrogens with zero attached hydrogens (tertiary/aromatic N) is 1. The van der Waals surface area contributed by atoms with E-state index in [1.165, 1.54) is 12.1 Å². The summed E-state index contributed by atoms with van der Waals surface area (Å²) in [6, 6.07) is 4.79. The Balaban J connectivity index is 2.17. The second-order valence-electron chi connectivity index (χ2n) is 4.11. The maximum Gasteiger partial charge on any atom is 0.292 e. The van der Waals surface area contributed by atoms with E-state index in [0.717, 1.165) is 25.9 Å². The number of rotatable bonds is 3. The molecule has 1 aromatic carbocycles. The fourth-order valence-electron chi connectivity index (χ4n) is 1.98. The normalized spacial score (nSPS) is 19.9. The summed E-state index contributed by atoms with van der Waals surface area (Å²) in [6.07, 6.45) is 2.09. The Hall–Kier alpha value is -1.33. The van der Waals surface area contributed by atoms with Crippen LogP contribution in [0.25, 0.3) is 0 Å². The topological polar surface area (TPSA) is 67.2 Å². The molecular weight excluding hydrogens is 242 g/mol. The first-order chi connectivity index (χ1) is 8.16. The van der Waals surface area contributed by atoms with Gasteiger partial charge in [-0.2, -0.15) is 0 Å². The molecule has 0 amide bonds. The van der Waals surface area contributed by atoms with Crippen LogP contribution in [0.4, 0.5) is 11.4 Å². The molecule has 0 bridgehead atoms. The first-order valence-corrected chi connectivity index (χ1v) is 5.96. The van der Waals surface area contributed by atoms with Crippen LogP contribution in [0.15, 0.2) is 18.2 Å². The molecule has 0 saturated carbocycles. The summed E-state index contributed by atoms with van der Waals surface area (Å²) in [5.41, 5.74) is 0.566. The lowest BCUT2D eigenvalue weighted by molar-refractivity contribution is -0.384. The van der Waals surface area contributed by atoms with E-state index in [2.05, 4.69) is 10.6 Å². The van der Waals surface area contributed by atoms with Crippen LogP contribution in [-0.4, -0.2) is 24.1 Å². The Morgan fingerprint density at radius 3 is 3.00 bits per heavy atom. The molecule has 92 valence electrons. The van der Waals surface area contributed by atoms with Gasteiger partial charge in [0.15, 0.2) is 0 Å². The molecule has 17 heavy (non-hydrogen) atoms. The van der Waals surface area contributed by atoms with E-state index in [0.29, 0.717) is 10.7 Å². The van der Waals surface area contributed by atoms with Crippen LogP contribution in [0.3, 0.4) is 0 Å². The van der Waals surface area contributed by atoms with Crippen LogP contribution in [0.2, 0.25) is 5.02 Å². The fraction of sp³-hybridized carbons (Fsp3) is 0.455. The summed E-state index contributed by atoms with van der Waals surface area (Å²) < 4.78 is 0. The van der Waals surface area contributed by atoms with Crippen LogP contribution >= 0.6 is 11.6 Å². The van der Waals surface area contributed by atoms with Gasteiger partial charge in [0.2, 0.25) is 0 Å². The Kier molecular flexibility index (Phi) is 3.81. The minimum Gasteiger partial charge on any atom is -0.375 e. The monoisotopic (exact) mass is 255 g/mol. The summed E-state index contributed by atoms with van der Waals surface area (Å²) >= 11 is 5.86. The molecule has 2 rings (SSSR count). The molecule has 1 aliphatic heterocycles. The molecule has 1 fully saturated rings. The first kappa shape index (κ1) is 12.1. The number of anilines is 1. The van der Waals surface area contributed by atoms with E-state index in [1.807, 2.05) is 0 Å². The zero-order valence-corrected chi connectivity index (χ0v) is 10.0. The van der Waals surface area contributed by atoms with Gasteiger partial charge in [0, 0.05) is 23.7 Å². The molecule has 0 aliphatic carbocycles. The van der Waals surface area contributed by atoms with Crippen LogP contribution < -0.4 is 10.6 Å². The smallest absolute Gasteiger partial charge is 0.292 e. The van der Waals surface area contributed by atoms with Crippen LogP contribution in [0.1, 0.15) is 12.8 Å². The third-order valence-electron chi connectivity index (χ3n) is 2.81. The van der Waals surface area contributed by atoms with Gasteiger partial charge in [0.1, 0.15) is 5.69 Å². The van der Waals surface area contributed by atoms with Gasteiger partial charge in [-0.15, -0.1) is 0 Å². The number of hydrogen-bond donors (Lipinski definition) is 2. The number of piperidine rings is 1. The van der Waals surface area contributed by atoms with Gasteiger partial charge >= 0.3 is 0 Å². The Labute approximate surface area is 104 Å². The van der Waals surface area contributed by atoms with Crippen molar-refractivity contribution in [2.45, 2.75) is 18.9 Å². The van der Waals surface area contributed by atoms with Crippen LogP contribution in [0.5, 0.6) is 0 Å². The molecule has 1 unspecified atom stereocenters. The molecule has 1 aliphatic rings. The molecular formula is C11H14ClN3O2. The SMILES string of the molecule is O=[N+]([O-])c1ccc(Cl)cc1NC1CCCNC1. The van der Waals surface area contributed by atoms with E-state index in [4.69, 9.17) is 11.6 Å². The van der Waals surface area contributed by atoms with Gasteiger partial charge in [-0.05, 0) is 31.5 Å². The zero-order chi connectivity index (χ0) is 12.3. The largest absolute Gasteiger partial charge is 0.375 e. The molecule has 6 heteroatoms. The van der Waals surface area contributed by atoms with Gasteiger partial charge in [0.05, 0.1) is 4.92 Å². The maximum atomic E-state index is 10.9. The first-order valence-electron chi connectivity index (χ1n) is 5.58. The standard InChI is InChI=1S/C11H14ClN3O2/c12-8-3-4-11(15(16)17)10(6-8)14-9-2-1-5-13-7-9/h3-4,6,9,13-14H,1-2,5,7H2. The number of benzene rings is 1. The molecule has 0 radical (unpaired) electrons. The van der Waals surface area contributed by atoms with E-state index >= 15 is 0 Å². The number of nitro benzene ring substituents is 1. The van der Waals surface area contributed by atoms with E-state index < -0.39 is 4.92 Å². The lowest BCUT2D eigenvalue weighted by atomic mass is 10.1. The van der Waals surface area contributed by atoms with E-state index in [1.54, 1.807) is 6.07 Å². The molecule has 1 heterocycles. The predicted molar refractivity (Wildman–Crippen MR) is 67.6 cm³/mol. The average Bonchev–Trinajstić information content (AvgIpc) is 2.30. The third kappa shape index (κ3) is 3.08. The Bertz CT molecular complexity index is 419. The summed E-state index contributed by atoms with van der Waals surface area (Å²) in [5.74, 6) is 0. The molecule has 2 N–H and O–H groups in total.